The lowest BCUT2D eigenvalue weighted by molar-refractivity contribution is -0.133. The minimum Gasteiger partial charge on any atom is -0.389 e. The van der Waals surface area contributed by atoms with Crippen LogP contribution >= 0.6 is 23.2 Å². The molecule has 2 heterocycles. The van der Waals surface area contributed by atoms with Crippen molar-refractivity contribution >= 4 is 39.4 Å². The second-order valence-corrected chi connectivity index (χ2v) is 12.6. The lowest BCUT2D eigenvalue weighted by atomic mass is 9.85. The van der Waals surface area contributed by atoms with Gasteiger partial charge in [-0.2, -0.15) is 0 Å². The summed E-state index contributed by atoms with van der Waals surface area (Å²) in [5.41, 5.74) is -1.03. The first-order valence-corrected chi connectivity index (χ1v) is 14.6. The van der Waals surface area contributed by atoms with Gasteiger partial charge in [0.1, 0.15) is 5.60 Å². The largest absolute Gasteiger partial charge is 0.389 e. The molecule has 0 spiro atoms. The van der Waals surface area contributed by atoms with E-state index >= 15 is 0 Å². The molecule has 0 saturated carbocycles. The van der Waals surface area contributed by atoms with E-state index in [9.17, 15) is 18.3 Å². The van der Waals surface area contributed by atoms with Crippen molar-refractivity contribution in [3.8, 4) is 0 Å². The third-order valence-corrected chi connectivity index (χ3v) is 9.86. The van der Waals surface area contributed by atoms with Gasteiger partial charge in [-0.05, 0) is 55.5 Å². The lowest BCUT2D eigenvalue weighted by Gasteiger charge is -2.43. The number of hydrogen-bond donors (Lipinski definition) is 1. The first-order valence-electron chi connectivity index (χ1n) is 12.2. The highest BCUT2D eigenvalue weighted by Gasteiger charge is 2.40. The summed E-state index contributed by atoms with van der Waals surface area (Å²) >= 11 is 12.4. The smallest absolute Gasteiger partial charge is 0.209 e. The fraction of sp³-hybridized carbons (Fsp3) is 0.500. The Labute approximate surface area is 222 Å². The molecule has 2 aromatic carbocycles. The molecule has 2 aliphatic heterocycles. The van der Waals surface area contributed by atoms with Gasteiger partial charge in [0.05, 0.1) is 39.4 Å². The minimum atomic E-state index is -3.57. The highest BCUT2D eigenvalue weighted by Crippen LogP contribution is 2.38. The Kier molecular flexibility index (Phi) is 8.64. The summed E-state index contributed by atoms with van der Waals surface area (Å²) in [5.74, 6) is -0.281. The van der Waals surface area contributed by atoms with Crippen LogP contribution in [0.1, 0.15) is 31.2 Å². The monoisotopic (exact) mass is 554 g/mol. The number of aliphatic hydroxyl groups is 1. The first kappa shape index (κ1) is 27.4. The zero-order chi connectivity index (χ0) is 25.8. The summed E-state index contributed by atoms with van der Waals surface area (Å²) < 4.78 is 32.0. The van der Waals surface area contributed by atoms with E-state index in [0.29, 0.717) is 62.2 Å². The van der Waals surface area contributed by atoms with Crippen molar-refractivity contribution in [1.29, 1.82) is 0 Å². The van der Waals surface area contributed by atoms with E-state index in [0.717, 1.165) is 24.8 Å². The maximum Gasteiger partial charge on any atom is 0.209 e. The molecule has 2 aromatic rings. The Hall–Kier alpha value is -1.68. The Morgan fingerprint density at radius 1 is 1.00 bits per heavy atom. The predicted octanol–water partition coefficient (Wildman–Crippen LogP) is 3.76. The molecule has 4 rings (SSSR count). The van der Waals surface area contributed by atoms with Crippen LogP contribution in [0.25, 0.3) is 0 Å². The Morgan fingerprint density at radius 3 is 2.39 bits per heavy atom. The fourth-order valence-electron chi connectivity index (χ4n) is 5.13. The Bertz CT molecular complexity index is 1160. The maximum absolute atomic E-state index is 12.8. The SMILES string of the molecule is O=CN1CCCC(OCCN2CCC(O)(CS(=O)(=O)c3ccccc3)CC2)(c2ccc(Cl)c(Cl)c2)C1. The molecule has 7 nitrogen and oxygen atoms in total. The summed E-state index contributed by atoms with van der Waals surface area (Å²) in [6.07, 6.45) is 3.16. The quantitative estimate of drug-likeness (QED) is 0.475. The average Bonchev–Trinajstić information content (AvgIpc) is 2.87. The topological polar surface area (TPSA) is 87.2 Å². The minimum absolute atomic E-state index is 0.235. The Morgan fingerprint density at radius 2 is 1.72 bits per heavy atom. The number of rotatable bonds is 9. The second kappa shape index (κ2) is 11.4. The molecule has 36 heavy (non-hydrogen) atoms. The molecule has 0 bridgehead atoms. The number of piperidine rings is 2. The van der Waals surface area contributed by atoms with Crippen LogP contribution in [0.15, 0.2) is 53.4 Å². The zero-order valence-electron chi connectivity index (χ0n) is 20.1. The molecule has 2 saturated heterocycles. The van der Waals surface area contributed by atoms with E-state index < -0.39 is 21.0 Å². The van der Waals surface area contributed by atoms with Crippen molar-refractivity contribution < 1.29 is 23.1 Å². The van der Waals surface area contributed by atoms with Crippen LogP contribution in [-0.4, -0.2) is 80.4 Å². The summed E-state index contributed by atoms with van der Waals surface area (Å²) in [6, 6.07) is 13.7. The second-order valence-electron chi connectivity index (χ2n) is 9.79. The van der Waals surface area contributed by atoms with Crippen molar-refractivity contribution in [2.45, 2.75) is 41.8 Å². The number of hydrogen-bond acceptors (Lipinski definition) is 6. The molecule has 0 aliphatic carbocycles. The summed E-state index contributed by atoms with van der Waals surface area (Å²) in [6.45, 7) is 3.33. The predicted molar refractivity (Wildman–Crippen MR) is 140 cm³/mol. The van der Waals surface area contributed by atoms with Crippen molar-refractivity contribution in [3.63, 3.8) is 0 Å². The van der Waals surface area contributed by atoms with Crippen molar-refractivity contribution in [2.24, 2.45) is 0 Å². The van der Waals surface area contributed by atoms with Gasteiger partial charge >= 0.3 is 0 Å². The van der Waals surface area contributed by atoms with Gasteiger partial charge in [0.2, 0.25) is 6.41 Å². The first-order chi connectivity index (χ1) is 17.1. The average molecular weight is 556 g/mol. The normalized spacial score (nSPS) is 22.9. The molecular formula is C26H32Cl2N2O5S. The van der Waals surface area contributed by atoms with E-state index in [1.807, 2.05) is 12.1 Å². The van der Waals surface area contributed by atoms with Gasteiger partial charge in [0, 0.05) is 26.2 Å². The zero-order valence-corrected chi connectivity index (χ0v) is 22.4. The number of likely N-dealkylation sites (tertiary alicyclic amines) is 2. The van der Waals surface area contributed by atoms with Crippen LogP contribution in [0, 0.1) is 0 Å². The molecular weight excluding hydrogens is 523 g/mol. The number of amides is 1. The standard InChI is InChI=1S/C26H32Cl2N2O5S/c27-23-8-7-21(17-24(23)28)26(9-4-12-30(18-26)20-31)35-16-15-29-13-10-25(32,11-14-29)19-36(33,34)22-5-2-1-3-6-22/h1-3,5-8,17,20,32H,4,9-16,18-19H2. The number of nitrogens with zero attached hydrogens (tertiary/aromatic N) is 2. The van der Waals surface area contributed by atoms with Crippen LogP contribution < -0.4 is 0 Å². The number of benzene rings is 2. The van der Waals surface area contributed by atoms with Crippen LogP contribution in [0.4, 0.5) is 0 Å². The molecule has 0 radical (unpaired) electrons. The van der Waals surface area contributed by atoms with Gasteiger partial charge < -0.3 is 19.6 Å². The molecule has 2 fully saturated rings. The maximum atomic E-state index is 12.8. The highest BCUT2D eigenvalue weighted by molar-refractivity contribution is 7.91. The van der Waals surface area contributed by atoms with E-state index in [2.05, 4.69) is 4.90 Å². The number of ether oxygens (including phenoxy) is 1. The molecule has 1 N–H and O–H groups in total. The summed E-state index contributed by atoms with van der Waals surface area (Å²) in [7, 11) is -3.57. The van der Waals surface area contributed by atoms with Gasteiger partial charge in [-0.15, -0.1) is 0 Å². The Balaban J connectivity index is 1.35. The third-order valence-electron chi connectivity index (χ3n) is 7.21. The molecule has 1 unspecified atom stereocenters. The molecule has 1 amide bonds. The number of carbonyl (C=O) groups excluding carboxylic acids is 1. The third kappa shape index (κ3) is 6.41. The van der Waals surface area contributed by atoms with E-state index in [1.54, 1.807) is 41.3 Å². The van der Waals surface area contributed by atoms with Gasteiger partial charge in [0.25, 0.3) is 0 Å². The molecule has 0 aromatic heterocycles. The molecule has 1 atom stereocenters. The number of sulfone groups is 1. The van der Waals surface area contributed by atoms with Crippen molar-refractivity contribution in [3.05, 3.63) is 64.1 Å². The number of halogens is 2. The van der Waals surface area contributed by atoms with Crippen LogP contribution in [0.2, 0.25) is 10.0 Å². The van der Waals surface area contributed by atoms with E-state index in [1.165, 1.54) is 0 Å². The molecule has 196 valence electrons. The number of carbonyl (C=O) groups is 1. The molecule has 2 aliphatic rings. The fourth-order valence-corrected chi connectivity index (χ4v) is 7.16. The molecule has 10 heteroatoms. The highest BCUT2D eigenvalue weighted by atomic mass is 35.5. The van der Waals surface area contributed by atoms with Gasteiger partial charge in [0.15, 0.2) is 9.84 Å². The van der Waals surface area contributed by atoms with E-state index in [4.69, 9.17) is 27.9 Å². The van der Waals surface area contributed by atoms with Gasteiger partial charge in [-0.3, -0.25) is 4.79 Å². The summed E-state index contributed by atoms with van der Waals surface area (Å²) in [4.78, 5) is 15.7. The lowest BCUT2D eigenvalue weighted by Crippen LogP contribution is -2.50. The van der Waals surface area contributed by atoms with E-state index in [-0.39, 0.29) is 10.6 Å². The van der Waals surface area contributed by atoms with Gasteiger partial charge in [-0.25, -0.2) is 8.42 Å². The van der Waals surface area contributed by atoms with Crippen molar-refractivity contribution in [1.82, 2.24) is 9.80 Å². The summed E-state index contributed by atoms with van der Waals surface area (Å²) in [5, 5.41) is 11.9. The van der Waals surface area contributed by atoms with Gasteiger partial charge in [-0.1, -0.05) is 47.5 Å². The van der Waals surface area contributed by atoms with Crippen LogP contribution in [0.3, 0.4) is 0 Å². The van der Waals surface area contributed by atoms with Crippen molar-refractivity contribution in [2.75, 3.05) is 45.1 Å². The van der Waals surface area contributed by atoms with Crippen LogP contribution in [-0.2, 0) is 25.0 Å². The van der Waals surface area contributed by atoms with Crippen LogP contribution in [0.5, 0.6) is 0 Å².